The first-order chi connectivity index (χ1) is 12.8. The summed E-state index contributed by atoms with van der Waals surface area (Å²) in [5.41, 5.74) is -0.0250. The van der Waals surface area contributed by atoms with Gasteiger partial charge in [0, 0.05) is 6.07 Å². The number of rotatable bonds is 4. The van der Waals surface area contributed by atoms with E-state index in [2.05, 4.69) is 4.74 Å². The highest BCUT2D eigenvalue weighted by Crippen LogP contribution is 2.28. The lowest BCUT2D eigenvalue weighted by atomic mass is 10.1. The summed E-state index contributed by atoms with van der Waals surface area (Å²) in [6.45, 7) is 0.137. The van der Waals surface area contributed by atoms with Gasteiger partial charge in [0.1, 0.15) is 12.3 Å². The van der Waals surface area contributed by atoms with Crippen molar-refractivity contribution >= 4 is 5.65 Å². The maximum Gasteiger partial charge on any atom is 0.573 e. The Morgan fingerprint density at radius 3 is 2.52 bits per heavy atom. The van der Waals surface area contributed by atoms with Crippen molar-refractivity contribution < 1.29 is 27.6 Å². The molecule has 0 unspecified atom stereocenters. The molecule has 1 aromatic carbocycles. The highest BCUT2D eigenvalue weighted by molar-refractivity contribution is 5.67. The van der Waals surface area contributed by atoms with Gasteiger partial charge < -0.3 is 9.84 Å². The van der Waals surface area contributed by atoms with Crippen molar-refractivity contribution in [3.63, 3.8) is 0 Å². The third kappa shape index (κ3) is 3.69. The third-order valence-corrected chi connectivity index (χ3v) is 3.85. The van der Waals surface area contributed by atoms with Gasteiger partial charge in [-0.2, -0.15) is 14.2 Å². The van der Waals surface area contributed by atoms with Gasteiger partial charge in [-0.15, -0.1) is 13.2 Å². The van der Waals surface area contributed by atoms with Crippen LogP contribution in [0.3, 0.4) is 0 Å². The van der Waals surface area contributed by atoms with E-state index >= 15 is 0 Å². The number of fused-ring (bicyclic) bond motifs is 1. The number of alkyl halides is 3. The first-order valence-electron chi connectivity index (χ1n) is 7.81. The van der Waals surface area contributed by atoms with E-state index in [9.17, 15) is 23.1 Å². The quantitative estimate of drug-likeness (QED) is 0.711. The van der Waals surface area contributed by atoms with Crippen LogP contribution in [0.5, 0.6) is 11.6 Å². The average molecular weight is 376 g/mol. The van der Waals surface area contributed by atoms with Gasteiger partial charge >= 0.3 is 11.9 Å². The Hall–Kier alpha value is -3.54. The van der Waals surface area contributed by atoms with Gasteiger partial charge in [0.15, 0.2) is 5.56 Å². The number of aryl methyl sites for hydroxylation is 1. The van der Waals surface area contributed by atoms with Crippen molar-refractivity contribution in [3.05, 3.63) is 59.0 Å². The number of hydrogen-bond donors (Lipinski definition) is 1. The van der Waals surface area contributed by atoms with Crippen LogP contribution in [-0.4, -0.2) is 15.9 Å². The number of hydrogen-bond acceptors (Lipinski definition) is 4. The Bertz CT molecular complexity index is 1080. The summed E-state index contributed by atoms with van der Waals surface area (Å²) < 4.78 is 43.4. The fourth-order valence-corrected chi connectivity index (χ4v) is 2.74. The first-order valence-corrected chi connectivity index (χ1v) is 7.81. The van der Waals surface area contributed by atoms with E-state index < -0.39 is 17.7 Å². The van der Waals surface area contributed by atoms with E-state index in [1.165, 1.54) is 27.3 Å². The molecule has 0 aliphatic heterocycles. The highest BCUT2D eigenvalue weighted by atomic mass is 19.4. The van der Waals surface area contributed by atoms with Gasteiger partial charge in [-0.05, 0) is 23.8 Å². The molecule has 0 saturated carbocycles. The molecule has 0 saturated heterocycles. The predicted octanol–water partition coefficient (Wildman–Crippen LogP) is 2.77. The summed E-state index contributed by atoms with van der Waals surface area (Å²) in [6, 6.07) is 11.5. The van der Waals surface area contributed by atoms with E-state index in [0.717, 1.165) is 12.1 Å². The van der Waals surface area contributed by atoms with Gasteiger partial charge in [-0.25, -0.2) is 4.79 Å². The minimum absolute atomic E-state index is 0.0878. The van der Waals surface area contributed by atoms with Crippen LogP contribution in [0.2, 0.25) is 0 Å². The number of ether oxygens (including phenoxy) is 1. The largest absolute Gasteiger partial charge is 0.573 e. The van der Waals surface area contributed by atoms with Crippen molar-refractivity contribution in [2.75, 3.05) is 0 Å². The van der Waals surface area contributed by atoms with Crippen LogP contribution in [0.4, 0.5) is 13.2 Å². The maximum absolute atomic E-state index is 12.8. The van der Waals surface area contributed by atoms with Crippen molar-refractivity contribution in [3.8, 4) is 28.8 Å². The van der Waals surface area contributed by atoms with E-state index in [1.807, 2.05) is 6.07 Å². The maximum atomic E-state index is 12.8. The number of pyridine rings is 1. The van der Waals surface area contributed by atoms with Gasteiger partial charge in [-0.3, -0.25) is 0 Å². The summed E-state index contributed by atoms with van der Waals surface area (Å²) in [5.74, 6) is -0.810. The lowest BCUT2D eigenvalue weighted by molar-refractivity contribution is -0.679. The summed E-state index contributed by atoms with van der Waals surface area (Å²) >= 11 is 0. The fourth-order valence-electron chi connectivity index (χ4n) is 2.74. The fraction of sp³-hybridized carbons (Fsp3) is 0.167. The molecule has 0 amide bonds. The van der Waals surface area contributed by atoms with E-state index in [1.54, 1.807) is 18.2 Å². The molecule has 0 bridgehead atoms. The van der Waals surface area contributed by atoms with Crippen LogP contribution in [0.25, 0.3) is 16.8 Å². The predicted molar refractivity (Wildman–Crippen MR) is 87.9 cm³/mol. The Labute approximate surface area is 150 Å². The van der Waals surface area contributed by atoms with Crippen molar-refractivity contribution in [1.82, 2.24) is 4.40 Å². The SMILES string of the molecule is N#CCC[n+]1c(O)c(-c2ccc(OC(F)(F)F)cc2)c(=O)n2ccccc21. The molecule has 3 rings (SSSR count). The van der Waals surface area contributed by atoms with E-state index in [-0.39, 0.29) is 30.0 Å². The van der Waals surface area contributed by atoms with Gasteiger partial charge in [-0.1, -0.05) is 18.2 Å². The zero-order chi connectivity index (χ0) is 19.6. The van der Waals surface area contributed by atoms with E-state index in [0.29, 0.717) is 5.65 Å². The molecule has 0 spiro atoms. The Morgan fingerprint density at radius 1 is 1.19 bits per heavy atom. The zero-order valence-corrected chi connectivity index (χ0v) is 13.8. The second kappa shape index (κ2) is 6.99. The Kier molecular flexibility index (Phi) is 4.73. The Balaban J connectivity index is 2.17. The molecule has 27 heavy (non-hydrogen) atoms. The van der Waals surface area contributed by atoms with Crippen LogP contribution in [0.15, 0.2) is 53.5 Å². The van der Waals surface area contributed by atoms with Crippen molar-refractivity contribution in [2.45, 2.75) is 19.3 Å². The second-order valence-electron chi connectivity index (χ2n) is 5.56. The molecule has 2 aromatic heterocycles. The molecule has 0 aliphatic carbocycles. The monoisotopic (exact) mass is 376 g/mol. The van der Waals surface area contributed by atoms with E-state index in [4.69, 9.17) is 5.26 Å². The zero-order valence-electron chi connectivity index (χ0n) is 13.8. The third-order valence-electron chi connectivity index (χ3n) is 3.85. The molecule has 9 heteroatoms. The normalized spacial score (nSPS) is 11.3. The van der Waals surface area contributed by atoms with Crippen LogP contribution in [0.1, 0.15) is 6.42 Å². The number of aromatic nitrogens is 2. The molecular weight excluding hydrogens is 363 g/mol. The number of nitriles is 1. The molecule has 3 aromatic rings. The molecule has 138 valence electrons. The second-order valence-corrected chi connectivity index (χ2v) is 5.56. The molecule has 0 aliphatic rings. The minimum atomic E-state index is -4.83. The summed E-state index contributed by atoms with van der Waals surface area (Å²) in [5, 5.41) is 19.5. The molecule has 0 atom stereocenters. The number of halogens is 3. The number of nitrogens with zero attached hydrogens (tertiary/aromatic N) is 3. The van der Waals surface area contributed by atoms with Gasteiger partial charge in [0.25, 0.3) is 11.5 Å². The lowest BCUT2D eigenvalue weighted by Gasteiger charge is -2.11. The van der Waals surface area contributed by atoms with Gasteiger partial charge in [0.2, 0.25) is 0 Å². The van der Waals surface area contributed by atoms with Gasteiger partial charge in [0.05, 0.1) is 18.7 Å². The standard InChI is InChI=1S/C18H12F3N3O3/c19-18(20,21)27-13-7-5-12(6-8-13)15-16(25)23-10-2-1-4-14(23)24(17(15)26)11-3-9-22/h1-2,4-8,10H,3,11H2/p+1. The molecule has 6 nitrogen and oxygen atoms in total. The molecule has 2 heterocycles. The van der Waals surface area contributed by atoms with Crippen LogP contribution < -0.4 is 14.9 Å². The average Bonchev–Trinajstić information content (AvgIpc) is 2.62. The van der Waals surface area contributed by atoms with Crippen molar-refractivity contribution in [2.24, 2.45) is 0 Å². The summed E-state index contributed by atoms with van der Waals surface area (Å²) in [6.07, 6.45) is -3.23. The molecule has 1 N–H and O–H groups in total. The van der Waals surface area contributed by atoms with Crippen molar-refractivity contribution in [1.29, 1.82) is 5.26 Å². The molecule has 0 fully saturated rings. The lowest BCUT2D eigenvalue weighted by Crippen LogP contribution is -2.40. The number of benzene rings is 1. The summed E-state index contributed by atoms with van der Waals surface area (Å²) in [4.78, 5) is 12.8. The number of aromatic hydroxyl groups is 1. The minimum Gasteiger partial charge on any atom is -0.477 e. The topological polar surface area (TPSA) is 78.6 Å². The molecule has 0 radical (unpaired) electrons. The smallest absolute Gasteiger partial charge is 0.477 e. The molecular formula is C18H13F3N3O3+. The van der Waals surface area contributed by atoms with Crippen LogP contribution in [0, 0.1) is 11.3 Å². The highest BCUT2D eigenvalue weighted by Gasteiger charge is 2.31. The van der Waals surface area contributed by atoms with Crippen LogP contribution >= 0.6 is 0 Å². The summed E-state index contributed by atoms with van der Waals surface area (Å²) in [7, 11) is 0. The Morgan fingerprint density at radius 2 is 1.89 bits per heavy atom. The van der Waals surface area contributed by atoms with Crippen LogP contribution in [-0.2, 0) is 6.54 Å². The first kappa shape index (κ1) is 18.3.